The Labute approximate surface area is 183 Å². The normalized spacial score (nSPS) is 15.7. The predicted octanol–water partition coefficient (Wildman–Crippen LogP) is 4.47. The van der Waals surface area contributed by atoms with E-state index < -0.39 is 5.41 Å². The van der Waals surface area contributed by atoms with Crippen LogP contribution in [0.4, 0.5) is 11.4 Å². The summed E-state index contributed by atoms with van der Waals surface area (Å²) in [5.41, 5.74) is 4.36. The van der Waals surface area contributed by atoms with Gasteiger partial charge in [-0.1, -0.05) is 57.2 Å². The van der Waals surface area contributed by atoms with Gasteiger partial charge in [-0.25, -0.2) is 0 Å². The Morgan fingerprint density at radius 3 is 2.45 bits per heavy atom. The summed E-state index contributed by atoms with van der Waals surface area (Å²) >= 11 is 0. The molecule has 2 aromatic carbocycles. The van der Waals surface area contributed by atoms with Crippen LogP contribution in [-0.2, 0) is 4.79 Å². The van der Waals surface area contributed by atoms with Crippen molar-refractivity contribution < 1.29 is 4.79 Å². The maximum atomic E-state index is 12.8. The van der Waals surface area contributed by atoms with Crippen molar-refractivity contribution in [1.29, 1.82) is 0 Å². The summed E-state index contributed by atoms with van der Waals surface area (Å²) in [6.07, 6.45) is 4.07. The van der Waals surface area contributed by atoms with E-state index in [1.807, 2.05) is 45.0 Å². The number of amides is 1. The minimum absolute atomic E-state index is 0.00657. The molecule has 1 saturated heterocycles. The van der Waals surface area contributed by atoms with Crippen LogP contribution in [0.1, 0.15) is 32.0 Å². The Morgan fingerprint density at radius 1 is 1.06 bits per heavy atom. The molecule has 162 valence electrons. The highest BCUT2D eigenvalue weighted by Crippen LogP contribution is 2.34. The van der Waals surface area contributed by atoms with Gasteiger partial charge in [0.2, 0.25) is 5.91 Å². The lowest BCUT2D eigenvalue weighted by molar-refractivity contribution is -0.123. The lowest BCUT2D eigenvalue weighted by Gasteiger charge is -2.35. The number of carbonyl (C=O) groups excluding carboxylic acids is 1. The van der Waals surface area contributed by atoms with Crippen LogP contribution in [0.2, 0.25) is 0 Å². The van der Waals surface area contributed by atoms with E-state index in [-0.39, 0.29) is 5.91 Å². The fourth-order valence-corrected chi connectivity index (χ4v) is 3.66. The highest BCUT2D eigenvalue weighted by atomic mass is 16.2. The Hall–Kier alpha value is -3.12. The molecule has 3 aromatic rings. The molecule has 0 unspecified atom stereocenters. The molecule has 0 bridgehead atoms. The van der Waals surface area contributed by atoms with Crippen LogP contribution in [0.3, 0.4) is 0 Å². The predicted molar refractivity (Wildman–Crippen MR) is 129 cm³/mol. The number of piperazine rings is 1. The first-order valence-corrected chi connectivity index (χ1v) is 10.8. The number of nitrogens with zero attached hydrogens (tertiary/aromatic N) is 3. The standard InChI is InChI=1S/C25H31N5O/c1-25(2,3)24(31)26-22-16-19-20(11-10-18-8-6-5-7-9-18)27-28-21(19)17-23(22)30-14-12-29(4)13-15-30/h5-11,16-17H,12-15H2,1-4H3,(H,26,31)(H,27,28)/b11-10+. The van der Waals surface area contributed by atoms with Gasteiger partial charge in [0.25, 0.3) is 0 Å². The number of fused-ring (bicyclic) bond motifs is 1. The molecule has 0 radical (unpaired) electrons. The lowest BCUT2D eigenvalue weighted by Crippen LogP contribution is -2.44. The van der Waals surface area contributed by atoms with Gasteiger partial charge in [-0.2, -0.15) is 5.10 Å². The topological polar surface area (TPSA) is 64.3 Å². The molecule has 0 saturated carbocycles. The van der Waals surface area contributed by atoms with Crippen molar-refractivity contribution >= 4 is 40.3 Å². The molecule has 0 atom stereocenters. The average Bonchev–Trinajstić information content (AvgIpc) is 3.14. The fourth-order valence-electron chi connectivity index (χ4n) is 3.66. The zero-order valence-electron chi connectivity index (χ0n) is 18.8. The van der Waals surface area contributed by atoms with E-state index in [2.05, 4.69) is 62.7 Å². The first-order valence-electron chi connectivity index (χ1n) is 10.8. The maximum absolute atomic E-state index is 12.8. The summed E-state index contributed by atoms with van der Waals surface area (Å²) in [4.78, 5) is 17.5. The first kappa shape index (κ1) is 21.1. The molecule has 31 heavy (non-hydrogen) atoms. The van der Waals surface area contributed by atoms with Crippen molar-refractivity contribution in [3.8, 4) is 0 Å². The van der Waals surface area contributed by atoms with Gasteiger partial charge >= 0.3 is 0 Å². The smallest absolute Gasteiger partial charge is 0.229 e. The third-order valence-electron chi connectivity index (χ3n) is 5.72. The summed E-state index contributed by atoms with van der Waals surface area (Å²) < 4.78 is 0. The van der Waals surface area contributed by atoms with Crippen LogP contribution in [0.25, 0.3) is 23.1 Å². The number of H-pyrrole nitrogens is 1. The molecule has 0 aliphatic carbocycles. The fraction of sp³-hybridized carbons (Fsp3) is 0.360. The van der Waals surface area contributed by atoms with Crippen molar-refractivity contribution in [1.82, 2.24) is 15.1 Å². The number of hydrogen-bond acceptors (Lipinski definition) is 4. The van der Waals surface area contributed by atoms with Crippen LogP contribution in [0.5, 0.6) is 0 Å². The molecule has 2 heterocycles. The molecule has 1 aliphatic rings. The second kappa shape index (κ2) is 8.55. The molecule has 1 amide bonds. The summed E-state index contributed by atoms with van der Waals surface area (Å²) in [6.45, 7) is 9.65. The van der Waals surface area contributed by atoms with Gasteiger partial charge in [0.15, 0.2) is 0 Å². The quantitative estimate of drug-likeness (QED) is 0.657. The molecule has 4 rings (SSSR count). The number of hydrogen-bond donors (Lipinski definition) is 2. The summed E-state index contributed by atoms with van der Waals surface area (Å²) in [7, 11) is 2.14. The Morgan fingerprint density at radius 2 is 1.77 bits per heavy atom. The third kappa shape index (κ3) is 4.80. The van der Waals surface area contributed by atoms with Crippen LogP contribution < -0.4 is 10.2 Å². The Kier molecular flexibility index (Phi) is 5.83. The zero-order valence-corrected chi connectivity index (χ0v) is 18.8. The highest BCUT2D eigenvalue weighted by molar-refractivity contribution is 6.02. The van der Waals surface area contributed by atoms with Crippen molar-refractivity contribution in [2.45, 2.75) is 20.8 Å². The van der Waals surface area contributed by atoms with Crippen LogP contribution in [0, 0.1) is 5.41 Å². The highest BCUT2D eigenvalue weighted by Gasteiger charge is 2.25. The van der Waals surface area contributed by atoms with Crippen LogP contribution in [-0.4, -0.2) is 54.2 Å². The summed E-state index contributed by atoms with van der Waals surface area (Å²) in [5.74, 6) is 0.00657. The number of likely N-dealkylation sites (N-methyl/N-ethyl adjacent to an activating group) is 1. The minimum atomic E-state index is -0.471. The lowest BCUT2D eigenvalue weighted by atomic mass is 9.95. The van der Waals surface area contributed by atoms with Gasteiger partial charge in [-0.05, 0) is 30.8 Å². The van der Waals surface area contributed by atoms with Crippen LogP contribution >= 0.6 is 0 Å². The van der Waals surface area contributed by atoms with Crippen molar-refractivity contribution in [2.75, 3.05) is 43.4 Å². The van der Waals surface area contributed by atoms with Crippen LogP contribution in [0.15, 0.2) is 42.5 Å². The number of anilines is 2. The van der Waals surface area contributed by atoms with Gasteiger partial charge in [0, 0.05) is 37.0 Å². The van der Waals surface area contributed by atoms with Gasteiger partial charge < -0.3 is 15.1 Å². The molecule has 2 N–H and O–H groups in total. The minimum Gasteiger partial charge on any atom is -0.367 e. The van der Waals surface area contributed by atoms with Gasteiger partial charge in [-0.15, -0.1) is 0 Å². The van der Waals surface area contributed by atoms with E-state index in [9.17, 15) is 4.79 Å². The number of nitrogens with one attached hydrogen (secondary N) is 2. The molecule has 1 aromatic heterocycles. The van der Waals surface area contributed by atoms with Gasteiger partial charge in [0.1, 0.15) is 0 Å². The SMILES string of the molecule is CN1CCN(c2cc3[nH]nc(/C=C/c4ccccc4)c3cc2NC(=O)C(C)(C)C)CC1. The van der Waals surface area contributed by atoms with Crippen molar-refractivity contribution in [3.05, 3.63) is 53.7 Å². The number of aromatic amines is 1. The Bertz CT molecular complexity index is 1090. The second-order valence-electron chi connectivity index (χ2n) is 9.26. The molecule has 1 fully saturated rings. The van der Waals surface area contributed by atoms with Gasteiger partial charge in [0.05, 0.1) is 22.6 Å². The van der Waals surface area contributed by atoms with E-state index in [0.717, 1.165) is 59.7 Å². The van der Waals surface area contributed by atoms with E-state index >= 15 is 0 Å². The first-order chi connectivity index (χ1) is 14.8. The molecule has 1 aliphatic heterocycles. The summed E-state index contributed by atoms with van der Waals surface area (Å²) in [6, 6.07) is 14.3. The van der Waals surface area contributed by atoms with Gasteiger partial charge in [-0.3, -0.25) is 9.89 Å². The van der Waals surface area contributed by atoms with E-state index in [1.54, 1.807) is 0 Å². The number of benzene rings is 2. The van der Waals surface area contributed by atoms with Crippen molar-refractivity contribution in [2.24, 2.45) is 5.41 Å². The number of aromatic nitrogens is 2. The number of carbonyl (C=O) groups is 1. The molecular weight excluding hydrogens is 386 g/mol. The molecule has 6 nitrogen and oxygen atoms in total. The second-order valence-corrected chi connectivity index (χ2v) is 9.26. The Balaban J connectivity index is 1.73. The van der Waals surface area contributed by atoms with E-state index in [4.69, 9.17) is 0 Å². The summed E-state index contributed by atoms with van der Waals surface area (Å²) in [5, 5.41) is 11.9. The van der Waals surface area contributed by atoms with Crippen molar-refractivity contribution in [3.63, 3.8) is 0 Å². The van der Waals surface area contributed by atoms with E-state index in [1.165, 1.54) is 0 Å². The molecular formula is C25H31N5O. The molecule has 0 spiro atoms. The maximum Gasteiger partial charge on any atom is 0.229 e. The zero-order chi connectivity index (χ0) is 22.0. The average molecular weight is 418 g/mol. The number of rotatable bonds is 4. The third-order valence-corrected chi connectivity index (χ3v) is 5.72. The van der Waals surface area contributed by atoms with E-state index in [0.29, 0.717) is 0 Å². The monoisotopic (exact) mass is 417 g/mol. The largest absolute Gasteiger partial charge is 0.367 e. The molecule has 6 heteroatoms.